The SMILES string of the molecule is CC(=O)c1ccc(NC(=O)c2ccc(OCCC(C)C)c(Br)c2)cc1. The number of ketones is 1. The molecule has 1 N–H and O–H groups in total. The van der Waals surface area contributed by atoms with Crippen LogP contribution in [0.25, 0.3) is 0 Å². The summed E-state index contributed by atoms with van der Waals surface area (Å²) in [6.45, 7) is 6.45. The highest BCUT2D eigenvalue weighted by molar-refractivity contribution is 9.10. The second kappa shape index (κ2) is 8.81. The van der Waals surface area contributed by atoms with E-state index in [2.05, 4.69) is 35.1 Å². The number of hydrogen-bond acceptors (Lipinski definition) is 3. The van der Waals surface area contributed by atoms with Crippen molar-refractivity contribution in [3.63, 3.8) is 0 Å². The van der Waals surface area contributed by atoms with E-state index in [1.54, 1.807) is 42.5 Å². The summed E-state index contributed by atoms with van der Waals surface area (Å²) in [5, 5.41) is 2.82. The van der Waals surface area contributed by atoms with Crippen molar-refractivity contribution >= 4 is 33.3 Å². The maximum Gasteiger partial charge on any atom is 0.255 e. The maximum atomic E-state index is 12.4. The van der Waals surface area contributed by atoms with E-state index in [-0.39, 0.29) is 11.7 Å². The predicted octanol–water partition coefficient (Wildman–Crippen LogP) is 5.33. The third kappa shape index (κ3) is 5.71. The van der Waals surface area contributed by atoms with Crippen molar-refractivity contribution in [2.45, 2.75) is 27.2 Å². The normalized spacial score (nSPS) is 10.6. The van der Waals surface area contributed by atoms with E-state index in [0.717, 1.165) is 16.6 Å². The minimum Gasteiger partial charge on any atom is -0.492 e. The fraction of sp³-hybridized carbons (Fsp3) is 0.300. The van der Waals surface area contributed by atoms with Crippen LogP contribution in [0.15, 0.2) is 46.9 Å². The zero-order valence-electron chi connectivity index (χ0n) is 14.6. The topological polar surface area (TPSA) is 55.4 Å². The standard InChI is InChI=1S/C20H22BrNO3/c1-13(2)10-11-25-19-9-6-16(12-18(19)21)20(24)22-17-7-4-15(5-8-17)14(3)23/h4-9,12-13H,10-11H2,1-3H3,(H,22,24). The molecule has 25 heavy (non-hydrogen) atoms. The second-order valence-electron chi connectivity index (χ2n) is 6.26. The van der Waals surface area contributed by atoms with Gasteiger partial charge in [0, 0.05) is 16.8 Å². The van der Waals surface area contributed by atoms with E-state index < -0.39 is 0 Å². The highest BCUT2D eigenvalue weighted by atomic mass is 79.9. The van der Waals surface area contributed by atoms with E-state index in [4.69, 9.17) is 4.74 Å². The zero-order chi connectivity index (χ0) is 18.4. The van der Waals surface area contributed by atoms with Crippen molar-refractivity contribution < 1.29 is 14.3 Å². The number of carbonyl (C=O) groups is 2. The van der Waals surface area contributed by atoms with Crippen molar-refractivity contribution in [1.29, 1.82) is 0 Å². The molecular weight excluding hydrogens is 382 g/mol. The average molecular weight is 404 g/mol. The minimum atomic E-state index is -0.218. The van der Waals surface area contributed by atoms with Gasteiger partial charge < -0.3 is 10.1 Å². The van der Waals surface area contributed by atoms with Gasteiger partial charge >= 0.3 is 0 Å². The van der Waals surface area contributed by atoms with E-state index in [9.17, 15) is 9.59 Å². The highest BCUT2D eigenvalue weighted by Crippen LogP contribution is 2.27. The number of Topliss-reactive ketones (excluding diaryl/α,β-unsaturated/α-hetero) is 1. The molecule has 0 atom stereocenters. The Hall–Kier alpha value is -2.14. The lowest BCUT2D eigenvalue weighted by Crippen LogP contribution is -2.12. The largest absolute Gasteiger partial charge is 0.492 e. The Balaban J connectivity index is 2.01. The molecule has 0 saturated carbocycles. The summed E-state index contributed by atoms with van der Waals surface area (Å²) >= 11 is 3.45. The van der Waals surface area contributed by atoms with Gasteiger partial charge in [0.2, 0.25) is 0 Å². The average Bonchev–Trinajstić information content (AvgIpc) is 2.56. The number of hydrogen-bond donors (Lipinski definition) is 1. The number of carbonyl (C=O) groups excluding carboxylic acids is 2. The van der Waals surface area contributed by atoms with Crippen molar-refractivity contribution in [3.05, 3.63) is 58.1 Å². The fourth-order valence-corrected chi connectivity index (χ4v) is 2.65. The quantitative estimate of drug-likeness (QED) is 0.635. The van der Waals surface area contributed by atoms with E-state index in [1.807, 2.05) is 0 Å². The summed E-state index contributed by atoms with van der Waals surface area (Å²) in [5.74, 6) is 1.08. The Kier molecular flexibility index (Phi) is 6.76. The van der Waals surface area contributed by atoms with Crippen LogP contribution in [0.5, 0.6) is 5.75 Å². The van der Waals surface area contributed by atoms with Gasteiger partial charge in [0.15, 0.2) is 5.78 Å². The molecule has 2 aromatic rings. The zero-order valence-corrected chi connectivity index (χ0v) is 16.2. The van der Waals surface area contributed by atoms with Crippen LogP contribution in [0.4, 0.5) is 5.69 Å². The Morgan fingerprint density at radius 1 is 1.08 bits per heavy atom. The molecule has 1 amide bonds. The second-order valence-corrected chi connectivity index (χ2v) is 7.12. The molecule has 4 nitrogen and oxygen atoms in total. The van der Waals surface area contributed by atoms with Gasteiger partial charge in [0.1, 0.15) is 5.75 Å². The Labute approximate surface area is 156 Å². The van der Waals surface area contributed by atoms with Crippen LogP contribution < -0.4 is 10.1 Å². The fourth-order valence-electron chi connectivity index (χ4n) is 2.16. The number of ether oxygens (including phenoxy) is 1. The number of nitrogens with one attached hydrogen (secondary N) is 1. The molecule has 0 spiro atoms. The van der Waals surface area contributed by atoms with Gasteiger partial charge in [-0.1, -0.05) is 13.8 Å². The van der Waals surface area contributed by atoms with Crippen LogP contribution in [0.3, 0.4) is 0 Å². The first kappa shape index (κ1) is 19.2. The van der Waals surface area contributed by atoms with Crippen LogP contribution >= 0.6 is 15.9 Å². The van der Waals surface area contributed by atoms with E-state index in [0.29, 0.717) is 29.3 Å². The first-order valence-electron chi connectivity index (χ1n) is 8.21. The molecule has 0 bridgehead atoms. The van der Waals surface area contributed by atoms with Gasteiger partial charge in [0.25, 0.3) is 5.91 Å². The van der Waals surface area contributed by atoms with Crippen molar-refractivity contribution in [2.75, 3.05) is 11.9 Å². The highest BCUT2D eigenvalue weighted by Gasteiger charge is 2.10. The van der Waals surface area contributed by atoms with Crippen LogP contribution in [-0.2, 0) is 0 Å². The maximum absolute atomic E-state index is 12.4. The molecule has 2 rings (SSSR count). The first-order chi connectivity index (χ1) is 11.9. The Morgan fingerprint density at radius 2 is 1.72 bits per heavy atom. The number of rotatable bonds is 7. The van der Waals surface area contributed by atoms with Gasteiger partial charge in [-0.15, -0.1) is 0 Å². The molecule has 0 fully saturated rings. The molecule has 0 aromatic heterocycles. The minimum absolute atomic E-state index is 0.00476. The summed E-state index contributed by atoms with van der Waals surface area (Å²) in [6.07, 6.45) is 0.977. The van der Waals surface area contributed by atoms with E-state index in [1.165, 1.54) is 6.92 Å². The van der Waals surface area contributed by atoms with Crippen molar-refractivity contribution in [3.8, 4) is 5.75 Å². The van der Waals surface area contributed by atoms with Gasteiger partial charge in [-0.3, -0.25) is 9.59 Å². The summed E-state index contributed by atoms with van der Waals surface area (Å²) in [4.78, 5) is 23.6. The van der Waals surface area contributed by atoms with E-state index >= 15 is 0 Å². The van der Waals surface area contributed by atoms with Crippen molar-refractivity contribution in [1.82, 2.24) is 0 Å². The van der Waals surface area contributed by atoms with Crippen LogP contribution in [-0.4, -0.2) is 18.3 Å². The number of anilines is 1. The molecule has 132 valence electrons. The van der Waals surface area contributed by atoms with Crippen LogP contribution in [0.2, 0.25) is 0 Å². The number of benzene rings is 2. The molecule has 0 radical (unpaired) electrons. The lowest BCUT2D eigenvalue weighted by Gasteiger charge is -2.11. The molecule has 0 unspecified atom stereocenters. The molecule has 2 aromatic carbocycles. The summed E-state index contributed by atoms with van der Waals surface area (Å²) in [6, 6.07) is 12.1. The van der Waals surface area contributed by atoms with Gasteiger partial charge in [0.05, 0.1) is 11.1 Å². The number of amides is 1. The van der Waals surface area contributed by atoms with Crippen LogP contribution in [0, 0.1) is 5.92 Å². The molecule has 0 aliphatic heterocycles. The van der Waals surface area contributed by atoms with Gasteiger partial charge in [-0.05, 0) is 77.7 Å². The van der Waals surface area contributed by atoms with Gasteiger partial charge in [-0.25, -0.2) is 0 Å². The van der Waals surface area contributed by atoms with Gasteiger partial charge in [-0.2, -0.15) is 0 Å². The number of halogens is 1. The summed E-state index contributed by atoms with van der Waals surface area (Å²) in [5.41, 5.74) is 1.78. The molecule has 5 heteroatoms. The monoisotopic (exact) mass is 403 g/mol. The Bertz CT molecular complexity index is 754. The first-order valence-corrected chi connectivity index (χ1v) is 9.01. The molecular formula is C20H22BrNO3. The van der Waals surface area contributed by atoms with Crippen LogP contribution in [0.1, 0.15) is 47.9 Å². The predicted molar refractivity (Wildman–Crippen MR) is 103 cm³/mol. The summed E-state index contributed by atoms with van der Waals surface area (Å²) in [7, 11) is 0. The third-order valence-electron chi connectivity index (χ3n) is 3.70. The lowest BCUT2D eigenvalue weighted by molar-refractivity contribution is 0.101. The third-order valence-corrected chi connectivity index (χ3v) is 4.32. The lowest BCUT2D eigenvalue weighted by atomic mass is 10.1. The smallest absolute Gasteiger partial charge is 0.255 e. The molecule has 0 aliphatic rings. The molecule has 0 aliphatic carbocycles. The summed E-state index contributed by atoms with van der Waals surface area (Å²) < 4.78 is 6.47. The molecule has 0 heterocycles. The Morgan fingerprint density at radius 3 is 2.28 bits per heavy atom. The molecule has 0 saturated heterocycles. The van der Waals surface area contributed by atoms with Crippen molar-refractivity contribution in [2.24, 2.45) is 5.92 Å².